The van der Waals surface area contributed by atoms with E-state index in [0.717, 1.165) is 16.5 Å². The van der Waals surface area contributed by atoms with Crippen LogP contribution in [-0.4, -0.2) is 78.1 Å². The highest BCUT2D eigenvalue weighted by molar-refractivity contribution is 5.85. The van der Waals surface area contributed by atoms with E-state index in [0.29, 0.717) is 43.9 Å². The molecule has 0 saturated carbocycles. The number of hydrogen-bond donors (Lipinski definition) is 3. The van der Waals surface area contributed by atoms with Gasteiger partial charge in [0, 0.05) is 72.6 Å². The fraction of sp³-hybridized carbons (Fsp3) is 0.500. The van der Waals surface area contributed by atoms with Gasteiger partial charge in [0.1, 0.15) is 11.6 Å². The molecule has 3 unspecified atom stereocenters. The summed E-state index contributed by atoms with van der Waals surface area (Å²) in [7, 11) is 0. The number of anilines is 1. The van der Waals surface area contributed by atoms with Gasteiger partial charge in [0.15, 0.2) is 0 Å². The van der Waals surface area contributed by atoms with Gasteiger partial charge in [0.2, 0.25) is 0 Å². The van der Waals surface area contributed by atoms with E-state index in [-0.39, 0.29) is 37.5 Å². The lowest BCUT2D eigenvalue weighted by atomic mass is 9.87. The van der Waals surface area contributed by atoms with Crippen LogP contribution in [0.25, 0.3) is 10.9 Å². The molecule has 0 bridgehead atoms. The van der Waals surface area contributed by atoms with Crippen molar-refractivity contribution in [3.05, 3.63) is 64.9 Å². The molecular formula is C28H34F4N4O. The summed E-state index contributed by atoms with van der Waals surface area (Å²) in [4.78, 5) is 7.39. The summed E-state index contributed by atoms with van der Waals surface area (Å²) in [5.41, 5.74) is 2.87. The van der Waals surface area contributed by atoms with Crippen LogP contribution in [0.1, 0.15) is 36.2 Å². The summed E-state index contributed by atoms with van der Waals surface area (Å²) in [6.45, 7) is 2.79. The van der Waals surface area contributed by atoms with Crippen molar-refractivity contribution in [1.29, 1.82) is 0 Å². The SMILES string of the molecule is CC1Cc2c([nH]c3ccccc23)C(c2c(F)cc(NC3CN(CCCF)C3)cc2F)N1CC(CO)CF. The fourth-order valence-corrected chi connectivity index (χ4v) is 5.85. The predicted molar refractivity (Wildman–Crippen MR) is 137 cm³/mol. The number of likely N-dealkylation sites (tertiary alicyclic amines) is 1. The van der Waals surface area contributed by atoms with Crippen LogP contribution < -0.4 is 5.32 Å². The molecule has 1 saturated heterocycles. The maximum absolute atomic E-state index is 15.8. The zero-order valence-corrected chi connectivity index (χ0v) is 21.0. The first-order valence-electron chi connectivity index (χ1n) is 13.0. The third-order valence-corrected chi connectivity index (χ3v) is 7.75. The maximum atomic E-state index is 15.8. The molecule has 1 fully saturated rings. The number of fused-ring (bicyclic) bond motifs is 3. The summed E-state index contributed by atoms with van der Waals surface area (Å²) in [6.07, 6.45) is 1.13. The summed E-state index contributed by atoms with van der Waals surface area (Å²) >= 11 is 0. The number of benzene rings is 2. The number of nitrogens with one attached hydrogen (secondary N) is 2. The standard InChI is InChI=1S/C28H34F4N4O/c1-17-9-22-21-5-2-3-6-25(21)34-27(22)28(36(17)13-18(12-30)16-37)26-23(31)10-19(11-24(26)32)33-20-14-35(15-20)8-4-7-29/h2-3,5-6,10-11,17-18,20,28,33-34,37H,4,7-9,12-16H2,1H3. The van der Waals surface area contributed by atoms with E-state index < -0.39 is 30.3 Å². The molecule has 200 valence electrons. The molecule has 2 aliphatic heterocycles. The average molecular weight is 519 g/mol. The first kappa shape index (κ1) is 26.0. The Morgan fingerprint density at radius 3 is 2.54 bits per heavy atom. The number of para-hydroxylation sites is 1. The Hall–Kier alpha value is -2.62. The number of aliphatic hydroxyl groups is 1. The summed E-state index contributed by atoms with van der Waals surface area (Å²) in [6, 6.07) is 9.55. The van der Waals surface area contributed by atoms with Gasteiger partial charge in [-0.2, -0.15) is 0 Å². The molecule has 2 aromatic carbocycles. The molecule has 0 amide bonds. The van der Waals surface area contributed by atoms with Crippen LogP contribution >= 0.6 is 0 Å². The summed E-state index contributed by atoms with van der Waals surface area (Å²) in [5.74, 6) is -2.00. The highest BCUT2D eigenvalue weighted by Gasteiger charge is 2.39. The number of hydrogen-bond acceptors (Lipinski definition) is 4. The zero-order chi connectivity index (χ0) is 26.1. The molecule has 37 heavy (non-hydrogen) atoms. The molecule has 3 aromatic rings. The molecule has 5 rings (SSSR count). The number of aromatic nitrogens is 1. The number of nitrogens with zero attached hydrogens (tertiary/aromatic N) is 2. The van der Waals surface area contributed by atoms with Crippen molar-refractivity contribution in [3.63, 3.8) is 0 Å². The van der Waals surface area contributed by atoms with Gasteiger partial charge in [-0.25, -0.2) is 8.78 Å². The van der Waals surface area contributed by atoms with E-state index >= 15 is 8.78 Å². The summed E-state index contributed by atoms with van der Waals surface area (Å²) in [5, 5.41) is 13.9. The second-order valence-corrected chi connectivity index (χ2v) is 10.4. The molecule has 3 atom stereocenters. The van der Waals surface area contributed by atoms with Crippen LogP contribution in [0.15, 0.2) is 36.4 Å². The Bertz CT molecular complexity index is 1200. The Kier molecular flexibility index (Phi) is 7.74. The lowest BCUT2D eigenvalue weighted by molar-refractivity contribution is 0.0845. The summed E-state index contributed by atoms with van der Waals surface area (Å²) < 4.78 is 57.6. The predicted octanol–water partition coefficient (Wildman–Crippen LogP) is 4.82. The van der Waals surface area contributed by atoms with E-state index in [4.69, 9.17) is 0 Å². The first-order chi connectivity index (χ1) is 17.9. The minimum Gasteiger partial charge on any atom is -0.396 e. The van der Waals surface area contributed by atoms with Crippen molar-refractivity contribution >= 4 is 16.6 Å². The second-order valence-electron chi connectivity index (χ2n) is 10.4. The van der Waals surface area contributed by atoms with Crippen LogP contribution in [0, 0.1) is 17.6 Å². The molecule has 0 aliphatic carbocycles. The monoisotopic (exact) mass is 518 g/mol. The molecule has 3 N–H and O–H groups in total. The van der Waals surface area contributed by atoms with Gasteiger partial charge in [0.05, 0.1) is 25.4 Å². The molecule has 3 heterocycles. The number of aromatic amines is 1. The van der Waals surface area contributed by atoms with E-state index in [1.165, 1.54) is 12.1 Å². The van der Waals surface area contributed by atoms with Gasteiger partial charge in [-0.3, -0.25) is 18.6 Å². The Morgan fingerprint density at radius 2 is 1.86 bits per heavy atom. The number of H-pyrrole nitrogens is 1. The van der Waals surface area contributed by atoms with Crippen LogP contribution in [0.4, 0.5) is 23.2 Å². The van der Waals surface area contributed by atoms with Crippen LogP contribution in [-0.2, 0) is 6.42 Å². The molecule has 5 nitrogen and oxygen atoms in total. The minimum absolute atomic E-state index is 0.0469. The van der Waals surface area contributed by atoms with Crippen molar-refractivity contribution in [3.8, 4) is 0 Å². The second kappa shape index (κ2) is 11.0. The van der Waals surface area contributed by atoms with E-state index in [9.17, 15) is 13.9 Å². The topological polar surface area (TPSA) is 54.5 Å². The fourth-order valence-electron chi connectivity index (χ4n) is 5.85. The quantitative estimate of drug-likeness (QED) is 0.337. The van der Waals surface area contributed by atoms with Crippen molar-refractivity contribution in [1.82, 2.24) is 14.8 Å². The highest BCUT2D eigenvalue weighted by Crippen LogP contribution is 2.43. The van der Waals surface area contributed by atoms with Crippen LogP contribution in [0.3, 0.4) is 0 Å². The van der Waals surface area contributed by atoms with E-state index in [2.05, 4.69) is 15.2 Å². The first-order valence-corrected chi connectivity index (χ1v) is 13.0. The van der Waals surface area contributed by atoms with E-state index in [1.807, 2.05) is 36.1 Å². The lowest BCUT2D eigenvalue weighted by Crippen LogP contribution is -2.54. The molecule has 1 aromatic heterocycles. The highest BCUT2D eigenvalue weighted by atomic mass is 19.1. The van der Waals surface area contributed by atoms with Crippen molar-refractivity contribution < 1.29 is 22.7 Å². The maximum Gasteiger partial charge on any atom is 0.133 e. The number of halogens is 4. The Labute approximate surface area is 214 Å². The molecule has 2 aliphatic rings. The van der Waals surface area contributed by atoms with E-state index in [1.54, 1.807) is 0 Å². The van der Waals surface area contributed by atoms with Crippen molar-refractivity contribution in [2.24, 2.45) is 5.92 Å². The number of aliphatic hydroxyl groups excluding tert-OH is 1. The van der Waals surface area contributed by atoms with Gasteiger partial charge in [-0.1, -0.05) is 18.2 Å². The Balaban J connectivity index is 1.49. The molecular weight excluding hydrogens is 484 g/mol. The van der Waals surface area contributed by atoms with Crippen LogP contribution in [0.5, 0.6) is 0 Å². The zero-order valence-electron chi connectivity index (χ0n) is 21.0. The minimum atomic E-state index is -0.791. The normalized spacial score (nSPS) is 21.7. The number of alkyl halides is 2. The van der Waals surface area contributed by atoms with Gasteiger partial charge in [0.25, 0.3) is 0 Å². The largest absolute Gasteiger partial charge is 0.396 e. The van der Waals surface area contributed by atoms with Gasteiger partial charge < -0.3 is 15.4 Å². The third kappa shape index (κ3) is 5.09. The van der Waals surface area contributed by atoms with Gasteiger partial charge in [-0.05, 0) is 43.5 Å². The lowest BCUT2D eigenvalue weighted by Gasteiger charge is -2.42. The molecule has 0 radical (unpaired) electrons. The Morgan fingerprint density at radius 1 is 1.14 bits per heavy atom. The molecule has 0 spiro atoms. The average Bonchev–Trinajstić information content (AvgIpc) is 3.22. The van der Waals surface area contributed by atoms with Gasteiger partial charge >= 0.3 is 0 Å². The van der Waals surface area contributed by atoms with Crippen molar-refractivity contribution in [2.45, 2.75) is 37.9 Å². The smallest absolute Gasteiger partial charge is 0.133 e. The number of rotatable bonds is 10. The molecule has 9 heteroatoms. The third-order valence-electron chi connectivity index (χ3n) is 7.75. The van der Waals surface area contributed by atoms with Crippen LogP contribution in [0.2, 0.25) is 0 Å². The van der Waals surface area contributed by atoms with Crippen molar-refractivity contribution in [2.75, 3.05) is 51.5 Å². The van der Waals surface area contributed by atoms with Gasteiger partial charge in [-0.15, -0.1) is 0 Å².